The van der Waals surface area contributed by atoms with Gasteiger partial charge in [-0.2, -0.15) is 18.2 Å². The fourth-order valence-corrected chi connectivity index (χ4v) is 7.60. The van der Waals surface area contributed by atoms with Crippen LogP contribution < -0.4 is 10.6 Å². The van der Waals surface area contributed by atoms with Crippen LogP contribution in [0, 0.1) is 11.3 Å². The Bertz CT molecular complexity index is 1800. The van der Waals surface area contributed by atoms with Gasteiger partial charge in [0.15, 0.2) is 28.6 Å². The van der Waals surface area contributed by atoms with Gasteiger partial charge in [-0.05, 0) is 104 Å². The Morgan fingerprint density at radius 3 is 2.15 bits per heavy atom. The van der Waals surface area contributed by atoms with Crippen LogP contribution in [0.3, 0.4) is 0 Å². The first kappa shape index (κ1) is 32.2. The molecule has 0 radical (unpaired) electrons. The van der Waals surface area contributed by atoms with Crippen molar-refractivity contribution in [2.24, 2.45) is 11.3 Å². The summed E-state index contributed by atoms with van der Waals surface area (Å²) in [6.45, 7) is 3.06. The maximum atomic E-state index is 14.5. The number of alkyl halides is 4. The van der Waals surface area contributed by atoms with E-state index >= 15 is 0 Å². The van der Waals surface area contributed by atoms with Gasteiger partial charge in [-0.15, -0.1) is 0 Å². The molecule has 0 aliphatic heterocycles. The van der Waals surface area contributed by atoms with E-state index in [2.05, 4.69) is 20.5 Å². The predicted octanol–water partition coefficient (Wildman–Crippen LogP) is 6.90. The molecule has 254 valence electrons. The molecule has 4 aromatic rings. The van der Waals surface area contributed by atoms with Crippen molar-refractivity contribution in [3.63, 3.8) is 0 Å². The number of nitrogens with zero attached hydrogens (tertiary/aromatic N) is 5. The summed E-state index contributed by atoms with van der Waals surface area (Å²) in [5.41, 5.74) is 3.92. The summed E-state index contributed by atoms with van der Waals surface area (Å²) in [6, 6.07) is 14.8. The van der Waals surface area contributed by atoms with E-state index in [9.17, 15) is 27.5 Å². The highest BCUT2D eigenvalue weighted by Gasteiger charge is 2.63. The molecule has 4 saturated carbocycles. The number of carbonyl (C=O) groups excluding carboxylic acids is 1. The standard InChI is InChI=1S/C34H36F4N6O4/c1-30(2,35)29-40-28(43-47-29)32-13-10-31(11-14-32,12-15-32)19-44(27(45)23-17-33(46,18-23)34(36,37)38)24-5-3-4-22(16-24)20-6-8-21(9-7-20)25-26(39)42-48-41-25/h3-9,16,23,46H,10-15,17-19H2,1-2H3,(H2,39,42). The molecule has 1 amide bonds. The monoisotopic (exact) mass is 668 g/mol. The number of nitrogen functional groups attached to an aromatic ring is 1. The summed E-state index contributed by atoms with van der Waals surface area (Å²) < 4.78 is 65.1. The predicted molar refractivity (Wildman–Crippen MR) is 166 cm³/mol. The molecular formula is C34H36F4N6O4. The highest BCUT2D eigenvalue weighted by Crippen LogP contribution is 2.58. The Morgan fingerprint density at radius 1 is 0.938 bits per heavy atom. The number of carbonyl (C=O) groups is 1. The topological polar surface area (TPSA) is 144 Å². The van der Waals surface area contributed by atoms with Crippen LogP contribution in [-0.2, 0) is 15.9 Å². The van der Waals surface area contributed by atoms with E-state index in [-0.39, 0.29) is 22.5 Å². The fraction of sp³-hybridized carbons (Fsp3) is 0.500. The molecule has 3 N–H and O–H groups in total. The van der Waals surface area contributed by atoms with Gasteiger partial charge in [0.25, 0.3) is 5.89 Å². The number of benzene rings is 2. The molecule has 4 fully saturated rings. The second-order valence-electron chi connectivity index (χ2n) is 14.4. The third-order valence-corrected chi connectivity index (χ3v) is 10.8. The maximum absolute atomic E-state index is 14.5. The molecule has 10 nitrogen and oxygen atoms in total. The first-order chi connectivity index (χ1) is 22.6. The van der Waals surface area contributed by atoms with Crippen molar-refractivity contribution < 1.29 is 36.6 Å². The van der Waals surface area contributed by atoms with Gasteiger partial charge >= 0.3 is 6.18 Å². The van der Waals surface area contributed by atoms with E-state index in [0.29, 0.717) is 29.3 Å². The number of fused-ring (bicyclic) bond motifs is 3. The summed E-state index contributed by atoms with van der Waals surface area (Å²) in [4.78, 5) is 20.1. The van der Waals surface area contributed by atoms with Crippen molar-refractivity contribution in [2.45, 2.75) is 88.1 Å². The number of amides is 1. The average Bonchev–Trinajstić information content (AvgIpc) is 3.73. The molecule has 2 heterocycles. The summed E-state index contributed by atoms with van der Waals surface area (Å²) in [6.07, 6.45) is -1.80. The normalized spacial score (nSPS) is 27.1. The molecule has 4 aliphatic rings. The van der Waals surface area contributed by atoms with Crippen LogP contribution in [-0.4, -0.2) is 49.8 Å². The van der Waals surface area contributed by atoms with Crippen molar-refractivity contribution in [1.29, 1.82) is 0 Å². The first-order valence-corrected chi connectivity index (χ1v) is 16.0. The Kier molecular flexibility index (Phi) is 7.46. The average molecular weight is 669 g/mol. The fourth-order valence-electron chi connectivity index (χ4n) is 7.60. The van der Waals surface area contributed by atoms with Gasteiger partial charge in [-0.1, -0.05) is 41.6 Å². The highest BCUT2D eigenvalue weighted by molar-refractivity contribution is 5.96. The largest absolute Gasteiger partial charge is 0.417 e. The SMILES string of the molecule is CC(C)(F)c1nc(C23CCC(CN(C(=O)C4CC(O)(C(F)(F)F)C4)c4cccc(-c5ccc(-c6nonc6N)cc5)c4)(CC2)CC3)no1. The van der Waals surface area contributed by atoms with Crippen LogP contribution >= 0.6 is 0 Å². The number of aromatic nitrogens is 4. The molecule has 0 unspecified atom stereocenters. The van der Waals surface area contributed by atoms with Crippen molar-refractivity contribution in [2.75, 3.05) is 17.2 Å². The molecule has 0 spiro atoms. The first-order valence-electron chi connectivity index (χ1n) is 16.0. The number of aliphatic hydroxyl groups is 1. The van der Waals surface area contributed by atoms with Crippen LogP contribution in [0.5, 0.6) is 0 Å². The molecule has 2 bridgehead atoms. The Labute approximate surface area is 273 Å². The quantitative estimate of drug-likeness (QED) is 0.192. The molecule has 48 heavy (non-hydrogen) atoms. The van der Waals surface area contributed by atoms with Crippen LogP contribution in [0.1, 0.15) is 76.9 Å². The van der Waals surface area contributed by atoms with Gasteiger partial charge in [0.1, 0.15) is 0 Å². The van der Waals surface area contributed by atoms with Gasteiger partial charge in [0.05, 0.1) is 0 Å². The van der Waals surface area contributed by atoms with E-state index in [1.807, 2.05) is 42.5 Å². The van der Waals surface area contributed by atoms with Crippen LogP contribution in [0.4, 0.5) is 29.1 Å². The number of rotatable bonds is 8. The molecule has 2 aromatic heterocycles. The lowest BCUT2D eigenvalue weighted by Crippen LogP contribution is -2.60. The summed E-state index contributed by atoms with van der Waals surface area (Å²) >= 11 is 0. The van der Waals surface area contributed by atoms with Gasteiger partial charge in [-0.3, -0.25) is 4.79 Å². The molecule has 14 heteroatoms. The van der Waals surface area contributed by atoms with E-state index < -0.39 is 42.1 Å². The van der Waals surface area contributed by atoms with Gasteiger partial charge < -0.3 is 20.3 Å². The third-order valence-electron chi connectivity index (χ3n) is 10.8. The lowest BCUT2D eigenvalue weighted by Gasteiger charge is -2.54. The zero-order valence-electron chi connectivity index (χ0n) is 26.6. The molecule has 0 saturated heterocycles. The molecule has 8 rings (SSSR count). The van der Waals surface area contributed by atoms with Gasteiger partial charge in [-0.25, -0.2) is 9.02 Å². The summed E-state index contributed by atoms with van der Waals surface area (Å²) in [7, 11) is 0. The lowest BCUT2D eigenvalue weighted by atomic mass is 9.53. The second-order valence-corrected chi connectivity index (χ2v) is 14.4. The summed E-state index contributed by atoms with van der Waals surface area (Å²) in [5.74, 6) is -0.786. The Balaban J connectivity index is 1.15. The molecular weight excluding hydrogens is 632 g/mol. The maximum Gasteiger partial charge on any atom is 0.417 e. The van der Waals surface area contributed by atoms with Crippen molar-refractivity contribution in [3.8, 4) is 22.4 Å². The highest BCUT2D eigenvalue weighted by atomic mass is 19.4. The van der Waals surface area contributed by atoms with Gasteiger partial charge in [0, 0.05) is 29.1 Å². The minimum absolute atomic E-state index is 0.0563. The van der Waals surface area contributed by atoms with E-state index in [0.717, 1.165) is 49.7 Å². The van der Waals surface area contributed by atoms with Crippen LogP contribution in [0.25, 0.3) is 22.4 Å². The smallest absolute Gasteiger partial charge is 0.380 e. The minimum atomic E-state index is -4.81. The number of hydrogen-bond acceptors (Lipinski definition) is 9. The molecule has 4 aliphatic carbocycles. The van der Waals surface area contributed by atoms with Gasteiger partial charge in [0.2, 0.25) is 5.91 Å². The van der Waals surface area contributed by atoms with E-state index in [1.54, 1.807) is 11.0 Å². The summed E-state index contributed by atoms with van der Waals surface area (Å²) in [5, 5.41) is 21.8. The second kappa shape index (κ2) is 11.1. The third kappa shape index (κ3) is 5.53. The van der Waals surface area contributed by atoms with Crippen molar-refractivity contribution >= 4 is 17.4 Å². The van der Waals surface area contributed by atoms with Crippen LogP contribution in [0.2, 0.25) is 0 Å². The zero-order valence-corrected chi connectivity index (χ0v) is 26.6. The number of anilines is 2. The lowest BCUT2D eigenvalue weighted by molar-refractivity contribution is -0.295. The number of hydrogen-bond donors (Lipinski definition) is 2. The Hall–Kier alpha value is -4.33. The minimum Gasteiger partial charge on any atom is -0.380 e. The van der Waals surface area contributed by atoms with E-state index in [4.69, 9.17) is 14.9 Å². The molecule has 0 atom stereocenters. The Morgan fingerprint density at radius 2 is 1.58 bits per heavy atom. The van der Waals surface area contributed by atoms with Crippen LogP contribution in [0.15, 0.2) is 57.7 Å². The van der Waals surface area contributed by atoms with Crippen molar-refractivity contribution in [1.82, 2.24) is 20.5 Å². The zero-order chi connectivity index (χ0) is 34.1. The molecule has 2 aromatic carbocycles. The van der Waals surface area contributed by atoms with E-state index in [1.165, 1.54) is 13.8 Å². The van der Waals surface area contributed by atoms with Crippen molar-refractivity contribution in [3.05, 3.63) is 60.2 Å². The number of nitrogens with two attached hydrogens (primary N) is 1. The number of halogens is 4.